The number of nitrogens with zero attached hydrogens (tertiary/aromatic N) is 4. The van der Waals surface area contributed by atoms with Gasteiger partial charge in [0, 0.05) is 37.6 Å². The van der Waals surface area contributed by atoms with E-state index in [1.807, 2.05) is 20.8 Å². The van der Waals surface area contributed by atoms with Gasteiger partial charge in [-0.05, 0) is 20.8 Å². The Labute approximate surface area is 167 Å². The van der Waals surface area contributed by atoms with Gasteiger partial charge in [0.05, 0.1) is 24.5 Å². The van der Waals surface area contributed by atoms with Crippen LogP contribution in [0.25, 0.3) is 11.4 Å². The van der Waals surface area contributed by atoms with Gasteiger partial charge in [-0.2, -0.15) is 5.10 Å². The molecular formula is C19H25N5O5. The summed E-state index contributed by atoms with van der Waals surface area (Å²) in [7, 11) is 1.48. The Bertz CT molecular complexity index is 972. The van der Waals surface area contributed by atoms with Crippen LogP contribution in [0.5, 0.6) is 0 Å². The molecule has 0 saturated carbocycles. The number of hydrogen-bond acceptors (Lipinski definition) is 7. The molecule has 10 nitrogen and oxygen atoms in total. The number of aromatic nitrogens is 3. The largest absolute Gasteiger partial charge is 0.444 e. The van der Waals surface area contributed by atoms with Crippen molar-refractivity contribution in [1.29, 1.82) is 0 Å². The number of ether oxygens (including phenoxy) is 1. The van der Waals surface area contributed by atoms with E-state index in [1.54, 1.807) is 9.58 Å². The maximum absolute atomic E-state index is 12.6. The lowest BCUT2D eigenvalue weighted by Gasteiger charge is -2.29. The molecule has 2 aliphatic rings. The van der Waals surface area contributed by atoms with Gasteiger partial charge in [-0.3, -0.25) is 9.48 Å². The molecule has 156 valence electrons. The number of aliphatic hydroxyl groups is 1. The van der Waals surface area contributed by atoms with Gasteiger partial charge in [0.25, 0.3) is 5.91 Å². The van der Waals surface area contributed by atoms with Crippen molar-refractivity contribution in [3.8, 4) is 11.4 Å². The highest BCUT2D eigenvalue weighted by molar-refractivity contribution is 5.86. The third kappa shape index (κ3) is 3.37. The van der Waals surface area contributed by atoms with Crippen molar-refractivity contribution in [1.82, 2.24) is 25.2 Å². The quantitative estimate of drug-likeness (QED) is 0.724. The van der Waals surface area contributed by atoms with Gasteiger partial charge in [-0.15, -0.1) is 0 Å². The summed E-state index contributed by atoms with van der Waals surface area (Å²) in [5.74, 6) is -0.499. The Kier molecular flexibility index (Phi) is 4.41. The van der Waals surface area contributed by atoms with Crippen molar-refractivity contribution < 1.29 is 24.0 Å². The third-order valence-electron chi connectivity index (χ3n) is 5.16. The molecule has 29 heavy (non-hydrogen) atoms. The molecule has 2 N–H and O–H groups in total. The van der Waals surface area contributed by atoms with Crippen LogP contribution in [0.2, 0.25) is 0 Å². The normalized spacial score (nSPS) is 20.9. The molecule has 4 rings (SSSR count). The zero-order valence-electron chi connectivity index (χ0n) is 17.0. The van der Waals surface area contributed by atoms with Crippen LogP contribution in [0, 0.1) is 0 Å². The average Bonchev–Trinajstić information content (AvgIpc) is 3.19. The number of fused-ring (bicyclic) bond motifs is 5. The Morgan fingerprint density at radius 2 is 2.14 bits per heavy atom. The molecule has 0 bridgehead atoms. The highest BCUT2D eigenvalue weighted by Gasteiger charge is 2.43. The molecule has 2 aliphatic heterocycles. The Hall–Kier alpha value is -2.88. The SMILES string of the molecule is CNC(=O)C1(O)Cc2conc2-c2c3c(nn2C1)CCN(C(=O)OC(C)(C)C)C3. The van der Waals surface area contributed by atoms with Gasteiger partial charge in [-0.1, -0.05) is 5.16 Å². The maximum Gasteiger partial charge on any atom is 0.410 e. The number of rotatable bonds is 1. The number of carbonyl (C=O) groups excluding carboxylic acids is 2. The number of nitrogens with one attached hydrogen (secondary N) is 1. The van der Waals surface area contributed by atoms with Crippen molar-refractivity contribution in [3.05, 3.63) is 23.1 Å². The number of likely N-dealkylation sites (N-methyl/N-ethyl adjacent to an activating group) is 1. The minimum absolute atomic E-state index is 0.0161. The molecule has 1 unspecified atom stereocenters. The summed E-state index contributed by atoms with van der Waals surface area (Å²) in [5, 5.41) is 22.3. The fourth-order valence-corrected chi connectivity index (χ4v) is 3.87. The fraction of sp³-hybridized carbons (Fsp3) is 0.579. The van der Waals surface area contributed by atoms with Crippen molar-refractivity contribution in [2.75, 3.05) is 13.6 Å². The molecule has 0 aliphatic carbocycles. The van der Waals surface area contributed by atoms with E-state index >= 15 is 0 Å². The van der Waals surface area contributed by atoms with E-state index in [0.717, 1.165) is 11.3 Å². The first kappa shape index (κ1) is 19.4. The van der Waals surface area contributed by atoms with E-state index in [9.17, 15) is 14.7 Å². The molecule has 1 atom stereocenters. The molecule has 0 radical (unpaired) electrons. The molecule has 2 aromatic heterocycles. The highest BCUT2D eigenvalue weighted by Crippen LogP contribution is 2.37. The molecule has 4 heterocycles. The Morgan fingerprint density at radius 1 is 1.38 bits per heavy atom. The number of amides is 2. The van der Waals surface area contributed by atoms with Crippen LogP contribution in [0.4, 0.5) is 4.79 Å². The van der Waals surface area contributed by atoms with Crippen LogP contribution in [-0.2, 0) is 35.5 Å². The minimum Gasteiger partial charge on any atom is -0.444 e. The number of hydrogen-bond donors (Lipinski definition) is 2. The van der Waals surface area contributed by atoms with Gasteiger partial charge in [-0.25, -0.2) is 4.79 Å². The lowest BCUT2D eigenvalue weighted by molar-refractivity contribution is -0.140. The van der Waals surface area contributed by atoms with E-state index in [2.05, 4.69) is 15.6 Å². The predicted molar refractivity (Wildman–Crippen MR) is 101 cm³/mol. The predicted octanol–water partition coefficient (Wildman–Crippen LogP) is 0.864. The summed E-state index contributed by atoms with van der Waals surface area (Å²) in [4.78, 5) is 26.6. The maximum atomic E-state index is 12.6. The van der Waals surface area contributed by atoms with E-state index in [1.165, 1.54) is 13.3 Å². The van der Waals surface area contributed by atoms with Crippen LogP contribution in [0.1, 0.15) is 37.6 Å². The zero-order valence-corrected chi connectivity index (χ0v) is 17.0. The van der Waals surface area contributed by atoms with Gasteiger partial charge in [0.2, 0.25) is 0 Å². The van der Waals surface area contributed by atoms with Crippen molar-refractivity contribution in [3.63, 3.8) is 0 Å². The highest BCUT2D eigenvalue weighted by atomic mass is 16.6. The summed E-state index contributed by atoms with van der Waals surface area (Å²) in [6, 6.07) is 0. The van der Waals surface area contributed by atoms with Crippen LogP contribution in [0.15, 0.2) is 10.8 Å². The molecular weight excluding hydrogens is 378 g/mol. The van der Waals surface area contributed by atoms with Crippen molar-refractivity contribution in [2.45, 2.75) is 57.9 Å². The number of carbonyl (C=O) groups is 2. The summed E-state index contributed by atoms with van der Waals surface area (Å²) in [6.45, 7) is 6.25. The zero-order chi connectivity index (χ0) is 21.0. The summed E-state index contributed by atoms with van der Waals surface area (Å²) in [6.07, 6.45) is 1.64. The molecule has 0 saturated heterocycles. The van der Waals surface area contributed by atoms with E-state index < -0.39 is 17.1 Å². The second kappa shape index (κ2) is 6.58. The summed E-state index contributed by atoms with van der Waals surface area (Å²) >= 11 is 0. The molecule has 0 spiro atoms. The van der Waals surface area contributed by atoms with Gasteiger partial charge < -0.3 is 24.6 Å². The molecule has 10 heteroatoms. The average molecular weight is 403 g/mol. The standard InChI is InChI=1S/C19H25N5O5/c1-18(2,3)29-17(26)23-6-5-13-12(8-23)15-14-11(9-28-22-14)7-19(27,16(25)20-4)10-24(15)21-13/h9,27H,5-8,10H2,1-4H3,(H,20,25). The van der Waals surface area contributed by atoms with Crippen LogP contribution < -0.4 is 5.32 Å². The first-order valence-electron chi connectivity index (χ1n) is 9.56. The Morgan fingerprint density at radius 3 is 2.83 bits per heavy atom. The minimum atomic E-state index is -1.68. The third-order valence-corrected chi connectivity index (χ3v) is 5.16. The first-order valence-corrected chi connectivity index (χ1v) is 9.56. The fourth-order valence-electron chi connectivity index (χ4n) is 3.87. The van der Waals surface area contributed by atoms with E-state index in [4.69, 9.17) is 9.26 Å². The van der Waals surface area contributed by atoms with Crippen LogP contribution in [-0.4, -0.2) is 61.7 Å². The Balaban J connectivity index is 1.74. The van der Waals surface area contributed by atoms with Crippen molar-refractivity contribution in [2.24, 2.45) is 0 Å². The van der Waals surface area contributed by atoms with Gasteiger partial charge >= 0.3 is 6.09 Å². The smallest absolute Gasteiger partial charge is 0.410 e. The lowest BCUT2D eigenvalue weighted by Crippen LogP contribution is -2.50. The topological polar surface area (TPSA) is 123 Å². The second-order valence-electron chi connectivity index (χ2n) is 8.56. The molecule has 0 aromatic carbocycles. The molecule has 0 fully saturated rings. The molecule has 2 aromatic rings. The van der Waals surface area contributed by atoms with Crippen LogP contribution in [0.3, 0.4) is 0 Å². The second-order valence-corrected chi connectivity index (χ2v) is 8.56. The molecule has 2 amide bonds. The van der Waals surface area contributed by atoms with E-state index in [0.29, 0.717) is 36.5 Å². The van der Waals surface area contributed by atoms with Crippen LogP contribution >= 0.6 is 0 Å². The monoisotopic (exact) mass is 403 g/mol. The summed E-state index contributed by atoms with van der Waals surface area (Å²) in [5.41, 5.74) is 1.19. The van der Waals surface area contributed by atoms with Gasteiger partial charge in [0.1, 0.15) is 17.6 Å². The summed E-state index contributed by atoms with van der Waals surface area (Å²) < 4.78 is 12.3. The van der Waals surface area contributed by atoms with E-state index in [-0.39, 0.29) is 19.1 Å². The lowest BCUT2D eigenvalue weighted by atomic mass is 9.94. The van der Waals surface area contributed by atoms with Gasteiger partial charge in [0.15, 0.2) is 5.60 Å². The van der Waals surface area contributed by atoms with Crippen molar-refractivity contribution >= 4 is 12.0 Å². The first-order chi connectivity index (χ1) is 13.6.